The van der Waals surface area contributed by atoms with E-state index in [0.29, 0.717) is 29.8 Å². The zero-order valence-corrected chi connectivity index (χ0v) is 24.8. The zero-order valence-electron chi connectivity index (χ0n) is 18.7. The average molecular weight is 711 g/mol. The zero-order chi connectivity index (χ0) is 26.9. The predicted octanol–water partition coefficient (Wildman–Crippen LogP) is 7.26. The Morgan fingerprint density at radius 1 is 1.00 bits per heavy atom. The number of carbonyl (C=O) groups is 2. The third-order valence-electron chi connectivity index (χ3n) is 5.04. The summed E-state index contributed by atoms with van der Waals surface area (Å²) in [5.41, 5.74) is 1.16. The van der Waals surface area contributed by atoms with Gasteiger partial charge in [-0.25, -0.2) is 0 Å². The van der Waals surface area contributed by atoms with Gasteiger partial charge in [-0.2, -0.15) is 8.42 Å². The van der Waals surface area contributed by atoms with Crippen molar-refractivity contribution in [3.63, 3.8) is 0 Å². The van der Waals surface area contributed by atoms with Gasteiger partial charge in [-0.3, -0.25) is 14.5 Å². The lowest BCUT2D eigenvalue weighted by Gasteiger charge is -2.14. The highest BCUT2D eigenvalue weighted by atomic mass is 127. The van der Waals surface area contributed by atoms with E-state index in [0.717, 1.165) is 16.7 Å². The molecule has 192 valence electrons. The van der Waals surface area contributed by atoms with Crippen LogP contribution >= 0.6 is 69.2 Å². The molecule has 3 aromatic carbocycles. The van der Waals surface area contributed by atoms with E-state index in [4.69, 9.17) is 43.7 Å². The standard InChI is InChI=1S/C24H15Cl3INO6S2/c1-34-20-10-14(9-19(28)22(20)35-37(32,33)16-5-3-15(25)4-6-16)11-21-23(30)29(24(31)36-21)12-13-2-7-17(26)18(27)8-13/h2-11H,12H2,1H3/b21-11-. The Morgan fingerprint density at radius 2 is 1.70 bits per heavy atom. The number of carbonyl (C=O) groups excluding carboxylic acids is 2. The summed E-state index contributed by atoms with van der Waals surface area (Å²) < 4.78 is 36.7. The smallest absolute Gasteiger partial charge is 0.339 e. The average Bonchev–Trinajstić information content (AvgIpc) is 3.10. The van der Waals surface area contributed by atoms with Gasteiger partial charge in [0, 0.05) is 5.02 Å². The van der Waals surface area contributed by atoms with Crippen LogP contribution in [0.3, 0.4) is 0 Å². The first-order valence-corrected chi connectivity index (χ1v) is 14.7. The molecular formula is C24H15Cl3INO6S2. The first-order chi connectivity index (χ1) is 17.5. The lowest BCUT2D eigenvalue weighted by atomic mass is 10.1. The molecule has 13 heteroatoms. The predicted molar refractivity (Wildman–Crippen MR) is 153 cm³/mol. The second kappa shape index (κ2) is 11.4. The second-order valence-corrected chi connectivity index (χ2v) is 12.5. The molecule has 0 unspecified atom stereocenters. The van der Waals surface area contributed by atoms with Crippen LogP contribution in [0, 0.1) is 3.57 Å². The van der Waals surface area contributed by atoms with Crippen LogP contribution in [0.2, 0.25) is 15.1 Å². The first kappa shape index (κ1) is 28.1. The monoisotopic (exact) mass is 709 g/mol. The van der Waals surface area contributed by atoms with Gasteiger partial charge in [-0.15, -0.1) is 0 Å². The van der Waals surface area contributed by atoms with E-state index < -0.39 is 21.3 Å². The van der Waals surface area contributed by atoms with E-state index in [1.54, 1.807) is 24.3 Å². The fourth-order valence-corrected chi connectivity index (χ4v) is 6.40. The van der Waals surface area contributed by atoms with Crippen molar-refractivity contribution in [2.45, 2.75) is 11.4 Å². The molecule has 1 aliphatic rings. The molecule has 7 nitrogen and oxygen atoms in total. The number of ether oxygens (including phenoxy) is 1. The molecule has 0 radical (unpaired) electrons. The van der Waals surface area contributed by atoms with Gasteiger partial charge in [0.15, 0.2) is 11.5 Å². The molecular weight excluding hydrogens is 696 g/mol. The Morgan fingerprint density at radius 3 is 2.35 bits per heavy atom. The molecule has 37 heavy (non-hydrogen) atoms. The van der Waals surface area contributed by atoms with Crippen molar-refractivity contribution in [2.24, 2.45) is 0 Å². The van der Waals surface area contributed by atoms with Gasteiger partial charge in [-0.1, -0.05) is 40.9 Å². The summed E-state index contributed by atoms with van der Waals surface area (Å²) in [7, 11) is -2.80. The van der Waals surface area contributed by atoms with Crippen LogP contribution in [0.15, 0.2) is 64.4 Å². The maximum absolute atomic E-state index is 13.0. The van der Waals surface area contributed by atoms with Gasteiger partial charge in [0.05, 0.1) is 32.2 Å². The topological polar surface area (TPSA) is 90.0 Å². The van der Waals surface area contributed by atoms with E-state index in [9.17, 15) is 18.0 Å². The summed E-state index contributed by atoms with van der Waals surface area (Å²) in [5.74, 6) is -0.352. The molecule has 0 aliphatic carbocycles. The molecule has 0 atom stereocenters. The Bertz CT molecular complexity index is 1540. The summed E-state index contributed by atoms with van der Waals surface area (Å²) in [4.78, 5) is 26.7. The van der Waals surface area contributed by atoms with Crippen LogP contribution in [0.4, 0.5) is 4.79 Å². The fourth-order valence-electron chi connectivity index (χ4n) is 3.27. The summed E-state index contributed by atoms with van der Waals surface area (Å²) in [5, 5.41) is 0.648. The van der Waals surface area contributed by atoms with Crippen molar-refractivity contribution < 1.29 is 26.9 Å². The van der Waals surface area contributed by atoms with Crippen LogP contribution in [-0.2, 0) is 21.5 Å². The van der Waals surface area contributed by atoms with Gasteiger partial charge in [0.1, 0.15) is 4.90 Å². The van der Waals surface area contributed by atoms with Crippen LogP contribution in [0.25, 0.3) is 6.08 Å². The van der Waals surface area contributed by atoms with Gasteiger partial charge in [-0.05, 0) is 100 Å². The van der Waals surface area contributed by atoms with Gasteiger partial charge in [0.2, 0.25) is 0 Å². The minimum atomic E-state index is -4.17. The molecule has 1 heterocycles. The number of rotatable bonds is 7. The Kier molecular flexibility index (Phi) is 8.66. The van der Waals surface area contributed by atoms with Gasteiger partial charge >= 0.3 is 10.1 Å². The van der Waals surface area contributed by atoms with Crippen molar-refractivity contribution in [3.8, 4) is 11.5 Å². The molecule has 0 N–H and O–H groups in total. The highest BCUT2D eigenvalue weighted by molar-refractivity contribution is 14.1. The van der Waals surface area contributed by atoms with Crippen molar-refractivity contribution in [1.82, 2.24) is 4.90 Å². The van der Waals surface area contributed by atoms with Gasteiger partial charge < -0.3 is 8.92 Å². The first-order valence-electron chi connectivity index (χ1n) is 10.3. The number of amides is 2. The SMILES string of the molecule is COc1cc(/C=C2\SC(=O)N(Cc3ccc(Cl)c(Cl)c3)C2=O)cc(I)c1OS(=O)(=O)c1ccc(Cl)cc1. The van der Waals surface area contributed by atoms with Crippen LogP contribution in [0.5, 0.6) is 11.5 Å². The molecule has 0 bridgehead atoms. The Labute approximate surface area is 245 Å². The number of methoxy groups -OCH3 is 1. The minimum absolute atomic E-state index is 0.0112. The number of halogens is 4. The summed E-state index contributed by atoms with van der Waals surface area (Å²) in [6.07, 6.45) is 1.53. The van der Waals surface area contributed by atoms with E-state index in [-0.39, 0.29) is 27.8 Å². The second-order valence-electron chi connectivity index (χ2n) is 7.54. The van der Waals surface area contributed by atoms with Crippen LogP contribution < -0.4 is 8.92 Å². The van der Waals surface area contributed by atoms with Crippen molar-refractivity contribution in [3.05, 3.63) is 89.3 Å². The van der Waals surface area contributed by atoms with Gasteiger partial charge in [0.25, 0.3) is 11.1 Å². The highest BCUT2D eigenvalue weighted by Gasteiger charge is 2.35. The maximum Gasteiger partial charge on any atom is 0.339 e. The normalized spacial score (nSPS) is 14.9. The Hall–Kier alpha value is -1.96. The highest BCUT2D eigenvalue weighted by Crippen LogP contribution is 2.39. The van der Waals surface area contributed by atoms with Crippen molar-refractivity contribution in [2.75, 3.05) is 7.11 Å². The maximum atomic E-state index is 13.0. The number of imide groups is 1. The van der Waals surface area contributed by atoms with E-state index in [1.165, 1.54) is 43.5 Å². The van der Waals surface area contributed by atoms with Crippen LogP contribution in [-0.4, -0.2) is 31.6 Å². The number of thioether (sulfide) groups is 1. The third-order valence-corrected chi connectivity index (χ3v) is 8.98. The molecule has 0 spiro atoms. The molecule has 1 fully saturated rings. The quantitative estimate of drug-likeness (QED) is 0.145. The van der Waals surface area contributed by atoms with E-state index >= 15 is 0 Å². The number of hydrogen-bond donors (Lipinski definition) is 0. The van der Waals surface area contributed by atoms with E-state index in [2.05, 4.69) is 0 Å². The summed E-state index contributed by atoms with van der Waals surface area (Å²) in [6.45, 7) is 0.0368. The lowest BCUT2D eigenvalue weighted by Crippen LogP contribution is -2.27. The molecule has 2 amide bonds. The molecule has 3 aromatic rings. The van der Waals surface area contributed by atoms with E-state index in [1.807, 2.05) is 22.6 Å². The molecule has 1 aliphatic heterocycles. The van der Waals surface area contributed by atoms with Crippen LogP contribution in [0.1, 0.15) is 11.1 Å². The lowest BCUT2D eigenvalue weighted by molar-refractivity contribution is -0.123. The third kappa shape index (κ3) is 6.37. The number of benzene rings is 3. The molecule has 0 aromatic heterocycles. The minimum Gasteiger partial charge on any atom is -0.493 e. The molecule has 1 saturated heterocycles. The summed E-state index contributed by atoms with van der Waals surface area (Å²) in [6, 6.07) is 13.6. The molecule has 4 rings (SSSR count). The van der Waals surface area contributed by atoms with Crippen molar-refractivity contribution in [1.29, 1.82) is 0 Å². The van der Waals surface area contributed by atoms with Crippen molar-refractivity contribution >= 4 is 96.5 Å². The number of nitrogens with zero attached hydrogens (tertiary/aromatic N) is 1. The Balaban J connectivity index is 1.59. The summed E-state index contributed by atoms with van der Waals surface area (Å²) >= 11 is 20.5. The fraction of sp³-hybridized carbons (Fsp3) is 0.0833. The largest absolute Gasteiger partial charge is 0.493 e. The number of hydrogen-bond acceptors (Lipinski definition) is 7. The molecule has 0 saturated carbocycles.